The highest BCUT2D eigenvalue weighted by molar-refractivity contribution is 6.32. The number of imidazole rings is 1. The molecule has 29 heavy (non-hydrogen) atoms. The van der Waals surface area contributed by atoms with Gasteiger partial charge in [0.1, 0.15) is 11.9 Å². The van der Waals surface area contributed by atoms with E-state index in [1.807, 2.05) is 24.3 Å². The fourth-order valence-electron chi connectivity index (χ4n) is 3.02. The molecule has 2 aromatic carbocycles. The van der Waals surface area contributed by atoms with Gasteiger partial charge in [-0.2, -0.15) is 13.2 Å². The lowest BCUT2D eigenvalue weighted by atomic mass is 10.1. The van der Waals surface area contributed by atoms with Crippen molar-refractivity contribution in [2.24, 2.45) is 5.11 Å². The van der Waals surface area contributed by atoms with Gasteiger partial charge in [-0.05, 0) is 48.7 Å². The highest BCUT2D eigenvalue weighted by Gasteiger charge is 2.34. The van der Waals surface area contributed by atoms with Crippen LogP contribution in [0.2, 0.25) is 5.02 Å². The third-order valence-corrected chi connectivity index (χ3v) is 4.86. The molecule has 0 bridgehead atoms. The van der Waals surface area contributed by atoms with Crippen LogP contribution in [0.15, 0.2) is 41.5 Å². The number of hydrogen-bond acceptors (Lipinski definition) is 3. The molecule has 0 aliphatic carbocycles. The quantitative estimate of drug-likeness (QED) is 0.266. The molecule has 1 atom stereocenters. The van der Waals surface area contributed by atoms with E-state index in [0.717, 1.165) is 11.6 Å². The first kappa shape index (κ1) is 21.0. The Morgan fingerprint density at radius 2 is 1.97 bits per heavy atom. The molecule has 1 aromatic heterocycles. The fraction of sp³-hybridized carbons (Fsp3) is 0.316. The number of ether oxygens (including phenoxy) is 1. The largest absolute Gasteiger partial charge is 0.417 e. The first-order chi connectivity index (χ1) is 13.8. The first-order valence-electron chi connectivity index (χ1n) is 8.68. The maximum Gasteiger partial charge on any atom is 0.417 e. The van der Waals surface area contributed by atoms with E-state index >= 15 is 0 Å². The van der Waals surface area contributed by atoms with Gasteiger partial charge >= 0.3 is 6.18 Å². The minimum atomic E-state index is -4.57. The molecule has 0 spiro atoms. The van der Waals surface area contributed by atoms with E-state index in [9.17, 15) is 13.2 Å². The van der Waals surface area contributed by atoms with Crippen LogP contribution in [-0.4, -0.2) is 23.2 Å². The number of halogens is 4. The van der Waals surface area contributed by atoms with Crippen LogP contribution in [0.4, 0.5) is 13.2 Å². The molecule has 0 radical (unpaired) electrons. The molecule has 152 valence electrons. The van der Waals surface area contributed by atoms with Crippen LogP contribution in [0.1, 0.15) is 30.0 Å². The highest BCUT2D eigenvalue weighted by Crippen LogP contribution is 2.38. The number of benzene rings is 2. The van der Waals surface area contributed by atoms with Crippen molar-refractivity contribution in [2.45, 2.75) is 25.6 Å². The predicted molar refractivity (Wildman–Crippen MR) is 104 cm³/mol. The Morgan fingerprint density at radius 3 is 2.55 bits per heavy atom. The normalized spacial score (nSPS) is 12.8. The van der Waals surface area contributed by atoms with Crippen LogP contribution >= 0.6 is 11.6 Å². The van der Waals surface area contributed by atoms with Crippen molar-refractivity contribution in [3.63, 3.8) is 0 Å². The van der Waals surface area contributed by atoms with Crippen LogP contribution in [0, 0.1) is 0 Å². The molecule has 0 saturated carbocycles. The Labute approximate surface area is 169 Å². The van der Waals surface area contributed by atoms with Gasteiger partial charge in [-0.3, -0.25) is 4.57 Å². The molecular formula is C19H17ClF3N5O. The number of hydrogen-bond donors (Lipinski definition) is 0. The summed E-state index contributed by atoms with van der Waals surface area (Å²) in [5.74, 6) is 0.458. The van der Waals surface area contributed by atoms with Crippen molar-refractivity contribution in [1.29, 1.82) is 0 Å². The summed E-state index contributed by atoms with van der Waals surface area (Å²) in [7, 11) is 1.50. The lowest BCUT2D eigenvalue weighted by Crippen LogP contribution is -2.07. The number of rotatable bonds is 6. The van der Waals surface area contributed by atoms with E-state index < -0.39 is 22.9 Å². The van der Waals surface area contributed by atoms with Crippen molar-refractivity contribution in [3.8, 4) is 5.69 Å². The van der Waals surface area contributed by atoms with Crippen LogP contribution in [-0.2, 0) is 17.3 Å². The molecule has 1 unspecified atom stereocenters. The van der Waals surface area contributed by atoms with E-state index in [4.69, 9.17) is 21.9 Å². The smallest absolute Gasteiger partial charge is 0.374 e. The second kappa shape index (κ2) is 8.32. The van der Waals surface area contributed by atoms with Gasteiger partial charge in [-0.25, -0.2) is 4.98 Å². The SMILES string of the molecule is COC(C)c1nc2cc(C(F)(F)F)c(Cl)cc2n1-c1ccc(CCN=[N+]=[N-])cc1. The lowest BCUT2D eigenvalue weighted by Gasteiger charge is -2.14. The van der Waals surface area contributed by atoms with E-state index in [1.54, 1.807) is 11.5 Å². The van der Waals surface area contributed by atoms with Crippen molar-refractivity contribution >= 4 is 22.6 Å². The monoisotopic (exact) mass is 423 g/mol. The third kappa shape index (κ3) is 4.32. The number of aromatic nitrogens is 2. The Balaban J connectivity index is 2.14. The second-order valence-electron chi connectivity index (χ2n) is 6.37. The molecule has 10 heteroatoms. The zero-order chi connectivity index (χ0) is 21.2. The zero-order valence-corrected chi connectivity index (χ0v) is 16.4. The Hall–Kier alpha value is -2.74. The molecule has 3 aromatic rings. The molecule has 6 nitrogen and oxygen atoms in total. The van der Waals surface area contributed by atoms with Crippen LogP contribution in [0.25, 0.3) is 27.2 Å². The maximum atomic E-state index is 13.2. The Morgan fingerprint density at radius 1 is 1.28 bits per heavy atom. The summed E-state index contributed by atoms with van der Waals surface area (Å²) < 4.78 is 46.8. The summed E-state index contributed by atoms with van der Waals surface area (Å²) in [6, 6.07) is 9.60. The Bertz CT molecular complexity index is 1070. The van der Waals surface area contributed by atoms with Crippen molar-refractivity contribution in [3.05, 3.63) is 68.8 Å². The van der Waals surface area contributed by atoms with Gasteiger partial charge in [0.2, 0.25) is 0 Å². The number of alkyl halides is 3. The van der Waals surface area contributed by atoms with E-state index in [1.165, 1.54) is 13.2 Å². The van der Waals surface area contributed by atoms with Gasteiger partial charge in [0, 0.05) is 24.3 Å². The zero-order valence-electron chi connectivity index (χ0n) is 15.6. The standard InChI is InChI=1S/C19H17ClF3N5O/c1-11(29-2)18-26-16-9-14(19(21,22)23)15(20)10-17(16)28(18)13-5-3-12(4-6-13)7-8-25-27-24/h3-6,9-11H,7-8H2,1-2H3. The van der Waals surface area contributed by atoms with E-state index in [2.05, 4.69) is 15.0 Å². The van der Waals surface area contributed by atoms with Gasteiger partial charge < -0.3 is 4.74 Å². The average molecular weight is 424 g/mol. The fourth-order valence-corrected chi connectivity index (χ4v) is 3.28. The minimum absolute atomic E-state index is 0.174. The molecule has 0 aliphatic heterocycles. The first-order valence-corrected chi connectivity index (χ1v) is 9.06. The third-order valence-electron chi connectivity index (χ3n) is 4.55. The van der Waals surface area contributed by atoms with E-state index in [-0.39, 0.29) is 5.52 Å². The molecule has 3 rings (SSSR count). The number of nitrogens with zero attached hydrogens (tertiary/aromatic N) is 5. The number of methoxy groups -OCH3 is 1. The Kier molecular flexibility index (Phi) is 6.02. The molecule has 0 fully saturated rings. The van der Waals surface area contributed by atoms with Crippen molar-refractivity contribution < 1.29 is 17.9 Å². The lowest BCUT2D eigenvalue weighted by molar-refractivity contribution is -0.137. The summed E-state index contributed by atoms with van der Waals surface area (Å²) in [5, 5.41) is 3.11. The summed E-state index contributed by atoms with van der Waals surface area (Å²) in [6.45, 7) is 2.10. The van der Waals surface area contributed by atoms with Gasteiger partial charge in [-0.15, -0.1) is 0 Å². The predicted octanol–water partition coefficient (Wildman–Crippen LogP) is 6.26. The molecular weight excluding hydrogens is 407 g/mol. The van der Waals surface area contributed by atoms with Crippen molar-refractivity contribution in [1.82, 2.24) is 9.55 Å². The summed E-state index contributed by atoms with van der Waals surface area (Å²) >= 11 is 5.93. The molecule has 0 amide bonds. The average Bonchev–Trinajstić information content (AvgIpc) is 3.05. The minimum Gasteiger partial charge on any atom is -0.374 e. The van der Waals surface area contributed by atoms with Crippen molar-refractivity contribution in [2.75, 3.05) is 13.7 Å². The van der Waals surface area contributed by atoms with Crippen LogP contribution in [0.5, 0.6) is 0 Å². The van der Waals surface area contributed by atoms with Gasteiger partial charge in [0.25, 0.3) is 0 Å². The van der Waals surface area contributed by atoms with Gasteiger partial charge in [-0.1, -0.05) is 28.8 Å². The number of azide groups is 1. The van der Waals surface area contributed by atoms with Gasteiger partial charge in [0.15, 0.2) is 0 Å². The van der Waals surface area contributed by atoms with Crippen LogP contribution < -0.4 is 0 Å². The molecule has 0 saturated heterocycles. The summed E-state index contributed by atoms with van der Waals surface area (Å²) in [5.41, 5.74) is 9.73. The highest BCUT2D eigenvalue weighted by atomic mass is 35.5. The second-order valence-corrected chi connectivity index (χ2v) is 6.78. The molecule has 0 aliphatic rings. The molecule has 1 heterocycles. The maximum absolute atomic E-state index is 13.2. The molecule has 0 N–H and O–H groups in total. The summed E-state index contributed by atoms with van der Waals surface area (Å²) in [6.07, 6.45) is -4.45. The summed E-state index contributed by atoms with van der Waals surface area (Å²) in [4.78, 5) is 7.10. The van der Waals surface area contributed by atoms with Crippen LogP contribution in [0.3, 0.4) is 0 Å². The van der Waals surface area contributed by atoms with E-state index in [0.29, 0.717) is 30.0 Å². The topological polar surface area (TPSA) is 75.8 Å². The number of fused-ring (bicyclic) bond motifs is 1. The van der Waals surface area contributed by atoms with Gasteiger partial charge in [0.05, 0.1) is 21.6 Å².